The molecule has 1 fully saturated rings. The van der Waals surface area contributed by atoms with Gasteiger partial charge in [0.05, 0.1) is 18.3 Å². The topological polar surface area (TPSA) is 49.7 Å². The van der Waals surface area contributed by atoms with Crippen molar-refractivity contribution < 1.29 is 14.9 Å². The lowest BCUT2D eigenvalue weighted by molar-refractivity contribution is -0.176. The van der Waals surface area contributed by atoms with Crippen molar-refractivity contribution in [1.82, 2.24) is 0 Å². The predicted octanol–water partition coefficient (Wildman–Crippen LogP) is 1.71. The van der Waals surface area contributed by atoms with Crippen LogP contribution in [0.1, 0.15) is 46.5 Å². The molecule has 1 aliphatic heterocycles. The third kappa shape index (κ3) is 3.16. The Bertz CT molecular complexity index is 172. The molecule has 1 heterocycles. The molecule has 1 rings (SSSR count). The fourth-order valence-electron chi connectivity index (χ4n) is 2.43. The van der Waals surface area contributed by atoms with Crippen LogP contribution in [0.4, 0.5) is 0 Å². The van der Waals surface area contributed by atoms with Gasteiger partial charge in [0.15, 0.2) is 0 Å². The molecule has 1 aliphatic rings. The Morgan fingerprint density at radius 2 is 2.00 bits per heavy atom. The van der Waals surface area contributed by atoms with E-state index in [4.69, 9.17) is 4.74 Å². The summed E-state index contributed by atoms with van der Waals surface area (Å²) in [5, 5.41) is 19.3. The number of rotatable bonds is 4. The first-order valence-corrected chi connectivity index (χ1v) is 6.11. The smallest absolute Gasteiger partial charge is 0.106 e. The number of aliphatic hydroxyl groups is 2. The van der Waals surface area contributed by atoms with E-state index >= 15 is 0 Å². The van der Waals surface area contributed by atoms with Gasteiger partial charge in [-0.25, -0.2) is 0 Å². The van der Waals surface area contributed by atoms with Crippen LogP contribution in [0.5, 0.6) is 0 Å². The Kier molecular flexibility index (Phi) is 5.03. The maximum Gasteiger partial charge on any atom is 0.106 e. The van der Waals surface area contributed by atoms with Crippen LogP contribution in [0.15, 0.2) is 0 Å². The molecule has 15 heavy (non-hydrogen) atoms. The van der Waals surface area contributed by atoms with Gasteiger partial charge in [-0.1, -0.05) is 26.7 Å². The Labute approximate surface area is 92.4 Å². The normalized spacial score (nSPS) is 39.0. The van der Waals surface area contributed by atoms with Crippen LogP contribution < -0.4 is 0 Å². The molecule has 0 aromatic carbocycles. The third-order valence-electron chi connectivity index (χ3n) is 3.45. The summed E-state index contributed by atoms with van der Waals surface area (Å²) in [7, 11) is 0. The highest BCUT2D eigenvalue weighted by Gasteiger charge is 2.36. The summed E-state index contributed by atoms with van der Waals surface area (Å²) >= 11 is 0. The SMILES string of the molecule is CCCC(CC)C1CC(O)C(O)C(C)O1. The van der Waals surface area contributed by atoms with Crippen molar-refractivity contribution in [3.05, 3.63) is 0 Å². The van der Waals surface area contributed by atoms with Crippen molar-refractivity contribution in [3.8, 4) is 0 Å². The molecule has 3 nitrogen and oxygen atoms in total. The summed E-state index contributed by atoms with van der Waals surface area (Å²) in [5.41, 5.74) is 0. The molecule has 0 amide bonds. The molecule has 0 aromatic rings. The van der Waals surface area contributed by atoms with E-state index < -0.39 is 12.2 Å². The van der Waals surface area contributed by atoms with E-state index in [-0.39, 0.29) is 12.2 Å². The maximum absolute atomic E-state index is 9.70. The molecule has 3 heteroatoms. The summed E-state index contributed by atoms with van der Waals surface area (Å²) < 4.78 is 5.76. The van der Waals surface area contributed by atoms with Crippen molar-refractivity contribution in [3.63, 3.8) is 0 Å². The van der Waals surface area contributed by atoms with E-state index in [2.05, 4.69) is 13.8 Å². The predicted molar refractivity (Wildman–Crippen MR) is 59.7 cm³/mol. The van der Waals surface area contributed by atoms with Crippen LogP contribution in [0.3, 0.4) is 0 Å². The van der Waals surface area contributed by atoms with Gasteiger partial charge in [-0.15, -0.1) is 0 Å². The molecule has 1 saturated heterocycles. The van der Waals surface area contributed by atoms with Gasteiger partial charge in [0, 0.05) is 6.42 Å². The molecule has 0 aromatic heterocycles. The summed E-state index contributed by atoms with van der Waals surface area (Å²) in [6.45, 7) is 6.16. The lowest BCUT2D eigenvalue weighted by atomic mass is 9.87. The van der Waals surface area contributed by atoms with Crippen molar-refractivity contribution >= 4 is 0 Å². The van der Waals surface area contributed by atoms with Gasteiger partial charge in [0.1, 0.15) is 6.10 Å². The van der Waals surface area contributed by atoms with E-state index in [0.717, 1.165) is 19.3 Å². The highest BCUT2D eigenvalue weighted by atomic mass is 16.5. The average Bonchev–Trinajstić information content (AvgIpc) is 2.22. The van der Waals surface area contributed by atoms with Crippen molar-refractivity contribution in [2.45, 2.75) is 70.9 Å². The monoisotopic (exact) mass is 216 g/mol. The zero-order valence-corrected chi connectivity index (χ0v) is 10.0. The van der Waals surface area contributed by atoms with Gasteiger partial charge >= 0.3 is 0 Å². The third-order valence-corrected chi connectivity index (χ3v) is 3.45. The standard InChI is InChI=1S/C12H24O3/c1-4-6-9(5-2)11-7-10(13)12(14)8(3)15-11/h8-14H,4-7H2,1-3H3. The molecule has 90 valence electrons. The van der Waals surface area contributed by atoms with Gasteiger partial charge in [0.25, 0.3) is 0 Å². The zero-order chi connectivity index (χ0) is 11.4. The fourth-order valence-corrected chi connectivity index (χ4v) is 2.43. The number of hydrogen-bond acceptors (Lipinski definition) is 3. The van der Waals surface area contributed by atoms with E-state index in [1.54, 1.807) is 0 Å². The van der Waals surface area contributed by atoms with Gasteiger partial charge in [-0.05, 0) is 19.3 Å². The first-order chi connectivity index (χ1) is 7.10. The fraction of sp³-hybridized carbons (Fsp3) is 1.00. The molecule has 0 spiro atoms. The first kappa shape index (κ1) is 12.9. The largest absolute Gasteiger partial charge is 0.390 e. The van der Waals surface area contributed by atoms with Crippen LogP contribution in [-0.2, 0) is 4.74 Å². The van der Waals surface area contributed by atoms with Gasteiger partial charge in [-0.2, -0.15) is 0 Å². The van der Waals surface area contributed by atoms with Crippen LogP contribution in [0.2, 0.25) is 0 Å². The van der Waals surface area contributed by atoms with Crippen LogP contribution in [-0.4, -0.2) is 34.6 Å². The second-order valence-corrected chi connectivity index (χ2v) is 4.63. The van der Waals surface area contributed by atoms with Gasteiger partial charge in [-0.3, -0.25) is 0 Å². The summed E-state index contributed by atoms with van der Waals surface area (Å²) in [6.07, 6.45) is 2.46. The van der Waals surface area contributed by atoms with Crippen LogP contribution in [0.25, 0.3) is 0 Å². The molecule has 5 unspecified atom stereocenters. The van der Waals surface area contributed by atoms with Gasteiger partial charge in [0.2, 0.25) is 0 Å². The maximum atomic E-state index is 9.70. The summed E-state index contributed by atoms with van der Waals surface area (Å²) in [5.74, 6) is 0.514. The molecule has 0 radical (unpaired) electrons. The molecule has 0 bridgehead atoms. The highest BCUT2D eigenvalue weighted by molar-refractivity contribution is 4.85. The Morgan fingerprint density at radius 1 is 1.33 bits per heavy atom. The lowest BCUT2D eigenvalue weighted by Crippen LogP contribution is -2.48. The minimum absolute atomic E-state index is 0.114. The van der Waals surface area contributed by atoms with Gasteiger partial charge < -0.3 is 14.9 Å². The van der Waals surface area contributed by atoms with E-state index in [9.17, 15) is 10.2 Å². The lowest BCUT2D eigenvalue weighted by Gasteiger charge is -2.39. The van der Waals surface area contributed by atoms with Crippen LogP contribution >= 0.6 is 0 Å². The average molecular weight is 216 g/mol. The van der Waals surface area contributed by atoms with E-state index in [1.165, 1.54) is 0 Å². The first-order valence-electron chi connectivity index (χ1n) is 6.11. The summed E-state index contributed by atoms with van der Waals surface area (Å²) in [6, 6.07) is 0. The zero-order valence-electron chi connectivity index (χ0n) is 10.0. The minimum Gasteiger partial charge on any atom is -0.390 e. The van der Waals surface area contributed by atoms with Crippen LogP contribution in [0, 0.1) is 5.92 Å². The number of hydrogen-bond donors (Lipinski definition) is 2. The molecule has 0 saturated carbocycles. The Hall–Kier alpha value is -0.120. The number of aliphatic hydroxyl groups excluding tert-OH is 2. The van der Waals surface area contributed by atoms with Crippen molar-refractivity contribution in [2.75, 3.05) is 0 Å². The number of ether oxygens (including phenoxy) is 1. The van der Waals surface area contributed by atoms with Crippen molar-refractivity contribution in [1.29, 1.82) is 0 Å². The molecule has 0 aliphatic carbocycles. The Morgan fingerprint density at radius 3 is 2.47 bits per heavy atom. The molecule has 2 N–H and O–H groups in total. The second-order valence-electron chi connectivity index (χ2n) is 4.63. The summed E-state index contributed by atoms with van der Waals surface area (Å²) in [4.78, 5) is 0. The van der Waals surface area contributed by atoms with E-state index in [0.29, 0.717) is 12.3 Å². The molecular formula is C12H24O3. The highest BCUT2D eigenvalue weighted by Crippen LogP contribution is 2.29. The second kappa shape index (κ2) is 5.83. The van der Waals surface area contributed by atoms with Crippen molar-refractivity contribution in [2.24, 2.45) is 5.92 Å². The quantitative estimate of drug-likeness (QED) is 0.752. The molecule has 5 atom stereocenters. The molecular weight excluding hydrogens is 192 g/mol. The minimum atomic E-state index is -0.722. The van der Waals surface area contributed by atoms with E-state index in [1.807, 2.05) is 6.92 Å². The Balaban J connectivity index is 2.55.